The molecule has 2 aliphatic heterocycles. The molecule has 0 unspecified atom stereocenters. The monoisotopic (exact) mass is 486 g/mol. The number of fused-ring (bicyclic) bond motifs is 1. The number of aromatic nitrogens is 2. The van der Waals surface area contributed by atoms with Crippen molar-refractivity contribution < 1.29 is 14.3 Å². The third kappa shape index (κ3) is 5.45. The highest BCUT2D eigenvalue weighted by Gasteiger charge is 2.25. The van der Waals surface area contributed by atoms with E-state index in [1.54, 1.807) is 0 Å². The van der Waals surface area contributed by atoms with Crippen LogP contribution in [0.1, 0.15) is 58.6 Å². The fourth-order valence-corrected chi connectivity index (χ4v) is 5.22. The number of likely N-dealkylation sites (tertiary alicyclic amines) is 1. The van der Waals surface area contributed by atoms with Gasteiger partial charge in [-0.05, 0) is 93.0 Å². The van der Waals surface area contributed by atoms with E-state index in [0.717, 1.165) is 60.7 Å². The van der Waals surface area contributed by atoms with Crippen molar-refractivity contribution in [2.75, 3.05) is 19.7 Å². The third-order valence-corrected chi connectivity index (χ3v) is 7.21. The normalized spacial score (nSPS) is 15.8. The first kappa shape index (κ1) is 24.1. The van der Waals surface area contributed by atoms with Crippen LogP contribution in [0, 0.1) is 19.8 Å². The molecule has 7 nitrogen and oxygen atoms in total. The molecule has 1 fully saturated rings. The van der Waals surface area contributed by atoms with Gasteiger partial charge in [0.1, 0.15) is 5.75 Å². The summed E-state index contributed by atoms with van der Waals surface area (Å²) in [6.07, 6.45) is 4.27. The van der Waals surface area contributed by atoms with Crippen LogP contribution in [0.25, 0.3) is 5.69 Å². The minimum Gasteiger partial charge on any atom is -0.493 e. The van der Waals surface area contributed by atoms with Gasteiger partial charge in [0.2, 0.25) is 5.91 Å². The number of nitrogens with one attached hydrogen (secondary N) is 1. The van der Waals surface area contributed by atoms with Gasteiger partial charge in [0.25, 0.3) is 5.91 Å². The summed E-state index contributed by atoms with van der Waals surface area (Å²) in [7, 11) is 0. The molecule has 0 spiro atoms. The molecule has 36 heavy (non-hydrogen) atoms. The Hall–Kier alpha value is -3.61. The van der Waals surface area contributed by atoms with Gasteiger partial charge in [-0.2, -0.15) is 5.10 Å². The SMILES string of the molecule is Cc1cc(C)n(-c2ccc(C(=O)N3CCC(CC(=O)NCc4ccc5c(c4)CCCO5)CC3)cc2)n1. The second-order valence-corrected chi connectivity index (χ2v) is 10.00. The summed E-state index contributed by atoms with van der Waals surface area (Å²) in [5.41, 5.74) is 6.01. The largest absolute Gasteiger partial charge is 0.493 e. The fraction of sp³-hybridized carbons (Fsp3) is 0.414. The van der Waals surface area contributed by atoms with Crippen molar-refractivity contribution in [2.24, 2.45) is 5.92 Å². The summed E-state index contributed by atoms with van der Waals surface area (Å²) < 4.78 is 7.56. The Balaban J connectivity index is 1.08. The van der Waals surface area contributed by atoms with Crippen molar-refractivity contribution in [3.8, 4) is 11.4 Å². The number of carbonyl (C=O) groups is 2. The number of amides is 2. The van der Waals surface area contributed by atoms with Crippen LogP contribution < -0.4 is 10.1 Å². The summed E-state index contributed by atoms with van der Waals surface area (Å²) >= 11 is 0. The van der Waals surface area contributed by atoms with E-state index in [2.05, 4.69) is 16.5 Å². The van der Waals surface area contributed by atoms with Gasteiger partial charge in [-0.15, -0.1) is 0 Å². The minimum absolute atomic E-state index is 0.0502. The van der Waals surface area contributed by atoms with Gasteiger partial charge >= 0.3 is 0 Å². The Bertz CT molecular complexity index is 1240. The number of carbonyl (C=O) groups excluding carboxylic acids is 2. The average molecular weight is 487 g/mol. The lowest BCUT2D eigenvalue weighted by atomic mass is 9.92. The zero-order valence-corrected chi connectivity index (χ0v) is 21.1. The molecule has 0 bridgehead atoms. The van der Waals surface area contributed by atoms with E-state index in [0.29, 0.717) is 37.5 Å². The predicted octanol–water partition coefficient (Wildman–Crippen LogP) is 4.37. The van der Waals surface area contributed by atoms with Gasteiger partial charge in [-0.25, -0.2) is 4.68 Å². The van der Waals surface area contributed by atoms with Crippen LogP contribution in [0.2, 0.25) is 0 Å². The van der Waals surface area contributed by atoms with Crippen LogP contribution >= 0.6 is 0 Å². The predicted molar refractivity (Wildman–Crippen MR) is 138 cm³/mol. The zero-order chi connectivity index (χ0) is 25.1. The number of piperidine rings is 1. The van der Waals surface area contributed by atoms with E-state index in [-0.39, 0.29) is 11.8 Å². The molecule has 1 saturated heterocycles. The molecule has 2 aliphatic rings. The van der Waals surface area contributed by atoms with Crippen LogP contribution in [-0.2, 0) is 17.8 Å². The first-order valence-electron chi connectivity index (χ1n) is 12.9. The topological polar surface area (TPSA) is 76.5 Å². The van der Waals surface area contributed by atoms with E-state index in [1.165, 1.54) is 5.56 Å². The molecule has 3 heterocycles. The number of hydrogen-bond acceptors (Lipinski definition) is 4. The molecule has 2 amide bonds. The Morgan fingerprint density at radius 3 is 2.56 bits per heavy atom. The van der Waals surface area contributed by atoms with Crippen molar-refractivity contribution in [2.45, 2.75) is 52.5 Å². The minimum atomic E-state index is 0.0502. The van der Waals surface area contributed by atoms with Crippen molar-refractivity contribution in [3.05, 3.63) is 76.6 Å². The fourth-order valence-electron chi connectivity index (χ4n) is 5.22. The first-order valence-corrected chi connectivity index (χ1v) is 12.9. The summed E-state index contributed by atoms with van der Waals surface area (Å²) in [5.74, 6) is 1.40. The quantitative estimate of drug-likeness (QED) is 0.561. The maximum atomic E-state index is 13.0. The Morgan fingerprint density at radius 2 is 1.83 bits per heavy atom. The van der Waals surface area contributed by atoms with Crippen molar-refractivity contribution in [3.63, 3.8) is 0 Å². The molecule has 5 rings (SSSR count). The second kappa shape index (κ2) is 10.6. The van der Waals surface area contributed by atoms with E-state index < -0.39 is 0 Å². The van der Waals surface area contributed by atoms with Crippen molar-refractivity contribution >= 4 is 11.8 Å². The van der Waals surface area contributed by atoms with E-state index in [1.807, 2.05) is 65.9 Å². The van der Waals surface area contributed by atoms with E-state index >= 15 is 0 Å². The highest BCUT2D eigenvalue weighted by Crippen LogP contribution is 2.26. The zero-order valence-electron chi connectivity index (χ0n) is 21.1. The van der Waals surface area contributed by atoms with Gasteiger partial charge in [-0.3, -0.25) is 9.59 Å². The number of nitrogens with zero attached hydrogens (tertiary/aromatic N) is 3. The lowest BCUT2D eigenvalue weighted by Crippen LogP contribution is -2.39. The van der Waals surface area contributed by atoms with Gasteiger partial charge < -0.3 is 15.0 Å². The first-order chi connectivity index (χ1) is 17.5. The van der Waals surface area contributed by atoms with Crippen molar-refractivity contribution in [1.29, 1.82) is 0 Å². The number of benzene rings is 2. The number of rotatable bonds is 6. The highest BCUT2D eigenvalue weighted by molar-refractivity contribution is 5.94. The highest BCUT2D eigenvalue weighted by atomic mass is 16.5. The molecular weight excluding hydrogens is 452 g/mol. The standard InChI is InChI=1S/C29H34N4O3/c1-20-16-21(2)33(31-20)26-8-6-24(7-9-26)29(35)32-13-11-22(12-14-32)18-28(34)30-19-23-5-10-27-25(17-23)4-3-15-36-27/h5-10,16-17,22H,3-4,11-15,18-19H2,1-2H3,(H,30,34). The lowest BCUT2D eigenvalue weighted by Gasteiger charge is -2.32. The molecule has 188 valence electrons. The van der Waals surface area contributed by atoms with E-state index in [4.69, 9.17) is 4.74 Å². The second-order valence-electron chi connectivity index (χ2n) is 10.00. The van der Waals surface area contributed by atoms with Crippen LogP contribution in [0.5, 0.6) is 5.75 Å². The molecule has 1 N–H and O–H groups in total. The Morgan fingerprint density at radius 1 is 1.06 bits per heavy atom. The number of ether oxygens (including phenoxy) is 1. The molecule has 0 saturated carbocycles. The maximum absolute atomic E-state index is 13.0. The van der Waals surface area contributed by atoms with Gasteiger partial charge in [0.15, 0.2) is 0 Å². The molecule has 2 aromatic carbocycles. The molecule has 0 radical (unpaired) electrons. The summed E-state index contributed by atoms with van der Waals surface area (Å²) in [6.45, 7) is 6.68. The maximum Gasteiger partial charge on any atom is 0.253 e. The van der Waals surface area contributed by atoms with Gasteiger partial charge in [0, 0.05) is 37.3 Å². The summed E-state index contributed by atoms with van der Waals surface area (Å²) in [4.78, 5) is 27.5. The van der Waals surface area contributed by atoms with Crippen LogP contribution in [0.4, 0.5) is 0 Å². The van der Waals surface area contributed by atoms with Crippen LogP contribution in [-0.4, -0.2) is 46.2 Å². The lowest BCUT2D eigenvalue weighted by molar-refractivity contribution is -0.122. The number of hydrogen-bond donors (Lipinski definition) is 1. The van der Waals surface area contributed by atoms with Crippen molar-refractivity contribution in [1.82, 2.24) is 20.0 Å². The molecular formula is C29H34N4O3. The third-order valence-electron chi connectivity index (χ3n) is 7.21. The number of aryl methyl sites for hydroxylation is 3. The molecule has 1 aromatic heterocycles. The van der Waals surface area contributed by atoms with Gasteiger partial charge in [0.05, 0.1) is 18.0 Å². The summed E-state index contributed by atoms with van der Waals surface area (Å²) in [6, 6.07) is 15.9. The van der Waals surface area contributed by atoms with Gasteiger partial charge in [-0.1, -0.05) is 12.1 Å². The molecule has 0 atom stereocenters. The smallest absolute Gasteiger partial charge is 0.253 e. The van der Waals surface area contributed by atoms with Crippen LogP contribution in [0.15, 0.2) is 48.5 Å². The van der Waals surface area contributed by atoms with Crippen LogP contribution in [0.3, 0.4) is 0 Å². The average Bonchev–Trinajstić information content (AvgIpc) is 3.25. The Labute approximate surface area is 212 Å². The van der Waals surface area contributed by atoms with E-state index in [9.17, 15) is 9.59 Å². The molecule has 7 heteroatoms. The molecule has 0 aliphatic carbocycles. The Kier molecular flexibility index (Phi) is 7.07. The summed E-state index contributed by atoms with van der Waals surface area (Å²) in [5, 5.41) is 7.58. The molecule has 3 aromatic rings.